The van der Waals surface area contributed by atoms with Gasteiger partial charge in [-0.25, -0.2) is 13.2 Å². The molecule has 9 heteroatoms. The van der Waals surface area contributed by atoms with Crippen LogP contribution in [-0.2, 0) is 21.3 Å². The number of nitrogens with one attached hydrogen (secondary N) is 2. The van der Waals surface area contributed by atoms with Gasteiger partial charge in [0.25, 0.3) is 5.91 Å². The van der Waals surface area contributed by atoms with Crippen LogP contribution in [0, 0.1) is 0 Å². The molecule has 0 aromatic heterocycles. The predicted molar refractivity (Wildman–Crippen MR) is 122 cm³/mol. The number of hydrogen-bond donors (Lipinski definition) is 2. The van der Waals surface area contributed by atoms with Crippen molar-refractivity contribution in [1.82, 2.24) is 4.90 Å². The monoisotopic (exact) mass is 447 g/mol. The van der Waals surface area contributed by atoms with Crippen molar-refractivity contribution >= 4 is 33.4 Å². The maximum absolute atomic E-state index is 12.8. The van der Waals surface area contributed by atoms with Crippen LogP contribution in [0.4, 0.5) is 16.2 Å². The minimum absolute atomic E-state index is 0.261. The van der Waals surface area contributed by atoms with E-state index in [1.807, 2.05) is 19.1 Å². The molecule has 2 rings (SSSR count). The zero-order chi connectivity index (χ0) is 23.2. The van der Waals surface area contributed by atoms with Gasteiger partial charge in [-0.15, -0.1) is 0 Å². The average molecular weight is 448 g/mol. The number of anilines is 2. The first-order valence-corrected chi connectivity index (χ1v) is 11.7. The lowest BCUT2D eigenvalue weighted by atomic mass is 10.1. The van der Waals surface area contributed by atoms with Crippen LogP contribution in [0.25, 0.3) is 0 Å². The molecular formula is C22H29N3O5S. The third kappa shape index (κ3) is 7.93. The van der Waals surface area contributed by atoms with Crippen LogP contribution in [0.15, 0.2) is 48.5 Å². The topological polar surface area (TPSA) is 105 Å². The first kappa shape index (κ1) is 24.2. The molecule has 0 aliphatic heterocycles. The lowest BCUT2D eigenvalue weighted by Crippen LogP contribution is -2.36. The molecule has 8 nitrogen and oxygen atoms in total. The first-order valence-electron chi connectivity index (χ1n) is 9.83. The SMILES string of the molecule is CCN(Cc1ccccc1NC(=O)c1cccc(NS(C)(=O)=O)c1)C(=O)OC(C)(C)C. The van der Waals surface area contributed by atoms with Gasteiger partial charge in [0, 0.05) is 23.5 Å². The Labute approximate surface area is 183 Å². The van der Waals surface area contributed by atoms with Crippen LogP contribution in [0.3, 0.4) is 0 Å². The number of amides is 2. The zero-order valence-electron chi connectivity index (χ0n) is 18.4. The maximum Gasteiger partial charge on any atom is 0.410 e. The summed E-state index contributed by atoms with van der Waals surface area (Å²) in [6.45, 7) is 7.97. The minimum Gasteiger partial charge on any atom is -0.444 e. The lowest BCUT2D eigenvalue weighted by molar-refractivity contribution is 0.0245. The second-order valence-corrected chi connectivity index (χ2v) is 9.81. The molecule has 0 heterocycles. The van der Waals surface area contributed by atoms with Gasteiger partial charge in [-0.2, -0.15) is 0 Å². The van der Waals surface area contributed by atoms with Crippen molar-refractivity contribution < 1.29 is 22.7 Å². The highest BCUT2D eigenvalue weighted by Gasteiger charge is 2.22. The van der Waals surface area contributed by atoms with E-state index in [0.717, 1.165) is 11.8 Å². The summed E-state index contributed by atoms with van der Waals surface area (Å²) in [6.07, 6.45) is 0.607. The summed E-state index contributed by atoms with van der Waals surface area (Å²) in [5, 5.41) is 2.84. The van der Waals surface area contributed by atoms with Gasteiger partial charge in [-0.1, -0.05) is 24.3 Å². The van der Waals surface area contributed by atoms with Crippen molar-refractivity contribution in [2.75, 3.05) is 22.8 Å². The Morgan fingerprint density at radius 2 is 1.74 bits per heavy atom. The number of benzene rings is 2. The summed E-state index contributed by atoms with van der Waals surface area (Å²) in [6, 6.07) is 13.4. The van der Waals surface area contributed by atoms with Crippen LogP contribution < -0.4 is 10.0 Å². The standard InChI is InChI=1S/C22H29N3O5S/c1-6-25(21(27)30-22(2,3)4)15-17-10-7-8-13-19(17)23-20(26)16-11-9-12-18(14-16)24-31(5,28)29/h7-14,24H,6,15H2,1-5H3,(H,23,26). The molecule has 0 bridgehead atoms. The summed E-state index contributed by atoms with van der Waals surface area (Å²) in [5.74, 6) is -0.398. The largest absolute Gasteiger partial charge is 0.444 e. The fraction of sp³-hybridized carbons (Fsp3) is 0.364. The van der Waals surface area contributed by atoms with E-state index in [1.165, 1.54) is 6.07 Å². The van der Waals surface area contributed by atoms with Crippen molar-refractivity contribution in [3.63, 3.8) is 0 Å². The van der Waals surface area contributed by atoms with Gasteiger partial charge in [0.1, 0.15) is 5.60 Å². The van der Waals surface area contributed by atoms with Gasteiger partial charge in [0.2, 0.25) is 10.0 Å². The van der Waals surface area contributed by atoms with Crippen LogP contribution in [0.2, 0.25) is 0 Å². The molecule has 31 heavy (non-hydrogen) atoms. The summed E-state index contributed by atoms with van der Waals surface area (Å²) in [7, 11) is -3.45. The summed E-state index contributed by atoms with van der Waals surface area (Å²) in [4.78, 5) is 26.8. The number of hydrogen-bond acceptors (Lipinski definition) is 5. The molecule has 0 aliphatic carbocycles. The van der Waals surface area contributed by atoms with Gasteiger partial charge in [-0.3, -0.25) is 9.52 Å². The highest BCUT2D eigenvalue weighted by molar-refractivity contribution is 7.92. The van der Waals surface area contributed by atoms with E-state index < -0.39 is 27.6 Å². The predicted octanol–water partition coefficient (Wildman–Crippen LogP) is 4.07. The molecule has 0 aliphatic rings. The molecule has 2 aromatic rings. The molecule has 168 valence electrons. The number of rotatable bonds is 7. The van der Waals surface area contributed by atoms with E-state index in [2.05, 4.69) is 10.0 Å². The van der Waals surface area contributed by atoms with Crippen molar-refractivity contribution in [1.29, 1.82) is 0 Å². The summed E-state index contributed by atoms with van der Waals surface area (Å²) < 4.78 is 30.7. The van der Waals surface area contributed by atoms with Crippen molar-refractivity contribution in [3.05, 3.63) is 59.7 Å². The second-order valence-electron chi connectivity index (χ2n) is 8.06. The molecule has 0 saturated heterocycles. The van der Waals surface area contributed by atoms with Gasteiger partial charge in [0.05, 0.1) is 12.8 Å². The second kappa shape index (κ2) is 9.82. The quantitative estimate of drug-likeness (QED) is 0.666. The number of sulfonamides is 1. The Hall–Kier alpha value is -3.07. The maximum atomic E-state index is 12.8. The third-order valence-electron chi connectivity index (χ3n) is 4.09. The van der Waals surface area contributed by atoms with E-state index in [-0.39, 0.29) is 6.54 Å². The third-order valence-corrected chi connectivity index (χ3v) is 4.69. The smallest absolute Gasteiger partial charge is 0.410 e. The Bertz CT molecular complexity index is 1050. The van der Waals surface area contributed by atoms with Gasteiger partial charge in [0.15, 0.2) is 0 Å². The summed E-state index contributed by atoms with van der Waals surface area (Å²) >= 11 is 0. The number of ether oxygens (including phenoxy) is 1. The van der Waals surface area contributed by atoms with Crippen LogP contribution >= 0.6 is 0 Å². The summed E-state index contributed by atoms with van der Waals surface area (Å²) in [5.41, 5.74) is 1.28. The molecule has 2 N–H and O–H groups in total. The minimum atomic E-state index is -3.45. The highest BCUT2D eigenvalue weighted by Crippen LogP contribution is 2.21. The first-order chi connectivity index (χ1) is 14.4. The molecule has 0 saturated carbocycles. The fourth-order valence-electron chi connectivity index (χ4n) is 2.75. The number of carbonyl (C=O) groups is 2. The fourth-order valence-corrected chi connectivity index (χ4v) is 3.31. The molecule has 2 aromatic carbocycles. The van der Waals surface area contributed by atoms with E-state index >= 15 is 0 Å². The molecule has 2 amide bonds. The molecule has 0 fully saturated rings. The Balaban J connectivity index is 2.19. The molecule has 0 unspecified atom stereocenters. The van der Waals surface area contributed by atoms with Crippen molar-refractivity contribution in [2.24, 2.45) is 0 Å². The molecule has 0 radical (unpaired) electrons. The van der Waals surface area contributed by atoms with Crippen LogP contribution in [0.5, 0.6) is 0 Å². The number of para-hydroxylation sites is 1. The Kier molecular flexibility index (Phi) is 7.67. The average Bonchev–Trinajstić information content (AvgIpc) is 2.64. The van der Waals surface area contributed by atoms with Crippen molar-refractivity contribution in [3.8, 4) is 0 Å². The van der Waals surface area contributed by atoms with E-state index in [4.69, 9.17) is 4.74 Å². The number of nitrogens with zero attached hydrogens (tertiary/aromatic N) is 1. The van der Waals surface area contributed by atoms with Gasteiger partial charge >= 0.3 is 6.09 Å². The lowest BCUT2D eigenvalue weighted by Gasteiger charge is -2.27. The normalized spacial score (nSPS) is 11.5. The molecule has 0 spiro atoms. The Morgan fingerprint density at radius 1 is 1.06 bits per heavy atom. The van der Waals surface area contributed by atoms with Gasteiger partial charge in [-0.05, 0) is 57.5 Å². The van der Waals surface area contributed by atoms with E-state index in [1.54, 1.807) is 56.0 Å². The van der Waals surface area contributed by atoms with Crippen LogP contribution in [0.1, 0.15) is 43.6 Å². The van der Waals surface area contributed by atoms with Gasteiger partial charge < -0.3 is 15.0 Å². The number of carbonyl (C=O) groups excluding carboxylic acids is 2. The molecule has 0 atom stereocenters. The van der Waals surface area contributed by atoms with E-state index in [0.29, 0.717) is 23.5 Å². The zero-order valence-corrected chi connectivity index (χ0v) is 19.2. The van der Waals surface area contributed by atoms with Crippen molar-refractivity contribution in [2.45, 2.75) is 39.8 Å². The molecular weight excluding hydrogens is 418 g/mol. The Morgan fingerprint density at radius 3 is 2.35 bits per heavy atom. The highest BCUT2D eigenvalue weighted by atomic mass is 32.2. The van der Waals surface area contributed by atoms with E-state index in [9.17, 15) is 18.0 Å². The van der Waals surface area contributed by atoms with Crippen LogP contribution in [-0.4, -0.2) is 43.7 Å².